The van der Waals surface area contributed by atoms with E-state index in [0.717, 1.165) is 6.07 Å². The molecule has 3 heterocycles. The molecule has 1 aromatic carbocycles. The molecule has 10 nitrogen and oxygen atoms in total. The number of aromatic amines is 1. The number of rotatable bonds is 8. The smallest absolute Gasteiger partial charge is 0.268 e. The molecule has 188 valence electrons. The molecule has 4 rings (SSSR count). The van der Waals surface area contributed by atoms with Gasteiger partial charge in [-0.2, -0.15) is 0 Å². The molecule has 0 saturated carbocycles. The van der Waals surface area contributed by atoms with Crippen molar-refractivity contribution in [1.29, 1.82) is 0 Å². The van der Waals surface area contributed by atoms with E-state index in [0.29, 0.717) is 29.8 Å². The number of H-pyrrole nitrogens is 1. The highest BCUT2D eigenvalue weighted by Gasteiger charge is 2.26. The lowest BCUT2D eigenvalue weighted by molar-refractivity contribution is 0.0284. The van der Waals surface area contributed by atoms with E-state index >= 15 is 0 Å². The van der Waals surface area contributed by atoms with Crippen LogP contribution in [-0.2, 0) is 4.74 Å². The molecule has 1 aliphatic heterocycles. The quantitative estimate of drug-likeness (QED) is 0.205. The zero-order valence-corrected chi connectivity index (χ0v) is 20.1. The maximum atomic E-state index is 14.1. The number of nitrogens with one attached hydrogen (secondary N) is 3. The van der Waals surface area contributed by atoms with Gasteiger partial charge in [0.15, 0.2) is 0 Å². The number of hydrogen-bond donors (Lipinski definition) is 3. The van der Waals surface area contributed by atoms with Gasteiger partial charge in [0.2, 0.25) is 5.95 Å². The maximum Gasteiger partial charge on any atom is 0.268 e. The number of aromatic nitrogens is 3. The minimum atomic E-state index is -1.20. The minimum Gasteiger partial charge on any atom is -0.378 e. The lowest BCUT2D eigenvalue weighted by Crippen LogP contribution is -2.39. The Morgan fingerprint density at radius 3 is 2.94 bits per heavy atom. The van der Waals surface area contributed by atoms with E-state index in [1.54, 1.807) is 0 Å². The fourth-order valence-corrected chi connectivity index (χ4v) is 4.13. The average Bonchev–Trinajstić information content (AvgIpc) is 3.34. The molecule has 0 bridgehead atoms. The summed E-state index contributed by atoms with van der Waals surface area (Å²) in [6, 6.07) is 3.98. The summed E-state index contributed by atoms with van der Waals surface area (Å²) in [4.78, 5) is 27.0. The predicted molar refractivity (Wildman–Crippen MR) is 130 cm³/mol. The van der Waals surface area contributed by atoms with Crippen LogP contribution in [0.2, 0.25) is 10.0 Å². The van der Waals surface area contributed by atoms with E-state index < -0.39 is 30.0 Å². The van der Waals surface area contributed by atoms with Crippen molar-refractivity contribution in [3.8, 4) is 11.3 Å². The molecule has 0 radical (unpaired) electrons. The molecule has 3 atom stereocenters. The molecule has 0 unspecified atom stereocenters. The highest BCUT2D eigenvalue weighted by molar-refractivity contribution is 6.33. The fourth-order valence-electron chi connectivity index (χ4n) is 3.70. The number of halogens is 4. The highest BCUT2D eigenvalue weighted by atomic mass is 35.5. The summed E-state index contributed by atoms with van der Waals surface area (Å²) < 4.78 is 33.1. The first kappa shape index (κ1) is 25.6. The summed E-state index contributed by atoms with van der Waals surface area (Å²) >= 11 is 12.2. The van der Waals surface area contributed by atoms with E-state index in [1.165, 1.54) is 30.6 Å². The van der Waals surface area contributed by atoms with Crippen LogP contribution in [0, 0.1) is 5.82 Å². The standard InChI is InChI=1S/C22H20Cl2F2N8O2/c23-13-3-11(4-14(25)6-13)19(9-30-34-27)31-21(35)18-5-12(7-28-18)20-15(24)8-29-22(33-20)32-17-1-2-36-10-16(17)26/h3-8,16-17,19,28H,1-2,9-10H2,(H,31,35)(H,29,32,33)/t16-,17+,19-/m1/s1. The van der Waals surface area contributed by atoms with Crippen LogP contribution in [0.25, 0.3) is 21.7 Å². The van der Waals surface area contributed by atoms with Crippen molar-refractivity contribution in [3.05, 3.63) is 74.2 Å². The topological polar surface area (TPSA) is 141 Å². The van der Waals surface area contributed by atoms with Crippen LogP contribution in [0.3, 0.4) is 0 Å². The van der Waals surface area contributed by atoms with Crippen molar-refractivity contribution in [2.75, 3.05) is 25.1 Å². The Balaban J connectivity index is 1.53. The van der Waals surface area contributed by atoms with Crippen LogP contribution in [0.4, 0.5) is 14.7 Å². The first-order valence-corrected chi connectivity index (χ1v) is 11.6. The summed E-state index contributed by atoms with van der Waals surface area (Å²) in [6.07, 6.45) is 2.18. The Labute approximate surface area is 214 Å². The van der Waals surface area contributed by atoms with Crippen molar-refractivity contribution in [2.45, 2.75) is 24.7 Å². The summed E-state index contributed by atoms with van der Waals surface area (Å²) in [5, 5.41) is 9.52. The Morgan fingerprint density at radius 2 is 2.19 bits per heavy atom. The van der Waals surface area contributed by atoms with E-state index in [-0.39, 0.29) is 34.8 Å². The second kappa shape index (κ2) is 11.5. The summed E-state index contributed by atoms with van der Waals surface area (Å²) in [5.74, 6) is -0.957. The second-order valence-corrected chi connectivity index (χ2v) is 8.81. The van der Waals surface area contributed by atoms with Gasteiger partial charge >= 0.3 is 0 Å². The van der Waals surface area contributed by atoms with Gasteiger partial charge in [-0.3, -0.25) is 4.79 Å². The normalized spacial score (nSPS) is 18.2. The van der Waals surface area contributed by atoms with Crippen molar-refractivity contribution in [2.24, 2.45) is 5.11 Å². The number of azide groups is 1. The lowest BCUT2D eigenvalue weighted by Gasteiger charge is -2.26. The van der Waals surface area contributed by atoms with Gasteiger partial charge in [0.1, 0.15) is 17.7 Å². The van der Waals surface area contributed by atoms with Gasteiger partial charge in [-0.25, -0.2) is 18.7 Å². The Bertz CT molecular complexity index is 1280. The van der Waals surface area contributed by atoms with Gasteiger partial charge in [0, 0.05) is 28.3 Å². The van der Waals surface area contributed by atoms with E-state index in [9.17, 15) is 13.6 Å². The number of carbonyl (C=O) groups excluding carboxylic acids is 1. The minimum absolute atomic E-state index is 0.00308. The molecule has 14 heteroatoms. The number of nitrogens with zero attached hydrogens (tertiary/aromatic N) is 5. The van der Waals surface area contributed by atoms with Crippen LogP contribution in [-0.4, -0.2) is 52.8 Å². The third-order valence-corrected chi connectivity index (χ3v) is 5.96. The molecule has 1 saturated heterocycles. The molecule has 36 heavy (non-hydrogen) atoms. The molecule has 0 aliphatic carbocycles. The largest absolute Gasteiger partial charge is 0.378 e. The van der Waals surface area contributed by atoms with Gasteiger partial charge in [-0.1, -0.05) is 28.3 Å². The zero-order valence-electron chi connectivity index (χ0n) is 18.6. The molecule has 3 N–H and O–H groups in total. The van der Waals surface area contributed by atoms with Gasteiger partial charge < -0.3 is 20.4 Å². The number of amides is 1. The molecular formula is C22H20Cl2F2N8O2. The molecule has 2 aromatic heterocycles. The summed E-state index contributed by atoms with van der Waals surface area (Å²) in [7, 11) is 0. The van der Waals surface area contributed by atoms with Crippen molar-refractivity contribution >= 4 is 35.1 Å². The SMILES string of the molecule is [N-]=[N+]=NC[C@@H](NC(=O)c1cc(-c2nc(N[C@H]3CCOC[C@H]3F)ncc2Cl)c[nH]1)c1cc(F)cc(Cl)c1. The molecule has 3 aromatic rings. The van der Waals surface area contributed by atoms with Crippen LogP contribution in [0.1, 0.15) is 28.5 Å². The second-order valence-electron chi connectivity index (χ2n) is 7.96. The summed E-state index contributed by atoms with van der Waals surface area (Å²) in [6.45, 7) is 0.262. The highest BCUT2D eigenvalue weighted by Crippen LogP contribution is 2.28. The molecular weight excluding hydrogens is 517 g/mol. The first-order valence-electron chi connectivity index (χ1n) is 10.8. The average molecular weight is 537 g/mol. The van der Waals surface area contributed by atoms with Crippen LogP contribution in [0.15, 0.2) is 41.8 Å². The Morgan fingerprint density at radius 1 is 1.36 bits per heavy atom. The third-order valence-electron chi connectivity index (χ3n) is 5.47. The van der Waals surface area contributed by atoms with E-state index in [4.69, 9.17) is 33.5 Å². The number of alkyl halides is 1. The zero-order chi connectivity index (χ0) is 25.7. The third kappa shape index (κ3) is 6.21. The monoisotopic (exact) mass is 536 g/mol. The molecule has 1 fully saturated rings. The maximum absolute atomic E-state index is 14.1. The number of benzene rings is 1. The van der Waals surface area contributed by atoms with Crippen molar-refractivity contribution < 1.29 is 18.3 Å². The first-order chi connectivity index (χ1) is 17.3. The van der Waals surface area contributed by atoms with Gasteiger partial charge in [0.05, 0.1) is 42.1 Å². The van der Waals surface area contributed by atoms with Crippen LogP contribution >= 0.6 is 23.2 Å². The van der Waals surface area contributed by atoms with Gasteiger partial charge in [-0.15, -0.1) is 0 Å². The Kier molecular flexibility index (Phi) is 8.21. The van der Waals surface area contributed by atoms with Crippen molar-refractivity contribution in [1.82, 2.24) is 20.3 Å². The van der Waals surface area contributed by atoms with E-state index in [1.807, 2.05) is 0 Å². The van der Waals surface area contributed by atoms with Crippen LogP contribution < -0.4 is 10.6 Å². The Hall–Kier alpha value is -3.44. The summed E-state index contributed by atoms with van der Waals surface area (Å²) in [5.41, 5.74) is 10.00. The van der Waals surface area contributed by atoms with Gasteiger partial charge in [-0.05, 0) is 41.8 Å². The molecule has 1 amide bonds. The lowest BCUT2D eigenvalue weighted by atomic mass is 10.1. The molecule has 1 aliphatic rings. The van der Waals surface area contributed by atoms with Gasteiger partial charge in [0.25, 0.3) is 5.91 Å². The number of ether oxygens (including phenoxy) is 1. The van der Waals surface area contributed by atoms with E-state index in [2.05, 4.69) is 35.6 Å². The predicted octanol–water partition coefficient (Wildman–Crippen LogP) is 5.24. The molecule has 0 spiro atoms. The number of carbonyl (C=O) groups is 1. The number of anilines is 1. The van der Waals surface area contributed by atoms with Crippen LogP contribution in [0.5, 0.6) is 0 Å². The number of hydrogen-bond acceptors (Lipinski definition) is 6. The van der Waals surface area contributed by atoms with Crippen molar-refractivity contribution in [3.63, 3.8) is 0 Å². The fraction of sp³-hybridized carbons (Fsp3) is 0.318.